The molecular formula is C26H29N5O. The number of nitrogens with zero attached hydrogens (tertiary/aromatic N) is 5. The van der Waals surface area contributed by atoms with E-state index in [1.165, 1.54) is 11.1 Å². The predicted octanol–water partition coefficient (Wildman–Crippen LogP) is 3.81. The standard InChI is InChI=1S/C26H29N5O/c1-18-15-30(24-9-6-19(14-27)26-23(24)5-4-10-28-26)17-25-22-8-7-21(32-12-11-29(2)3)13-20(22)16-31(18)25/h4-10,13,18,25H,11-12,15-17H2,1-3H3/t18-,25?/m1/s1. The zero-order valence-corrected chi connectivity index (χ0v) is 19.0. The molecule has 0 saturated carbocycles. The van der Waals surface area contributed by atoms with Gasteiger partial charge in [-0.2, -0.15) is 5.26 Å². The van der Waals surface area contributed by atoms with Crippen LogP contribution in [0.2, 0.25) is 0 Å². The first kappa shape index (κ1) is 20.7. The normalized spacial score (nSPS) is 20.3. The largest absolute Gasteiger partial charge is 0.492 e. The first-order valence-electron chi connectivity index (χ1n) is 11.2. The second-order valence-corrected chi connectivity index (χ2v) is 9.10. The lowest BCUT2D eigenvalue weighted by Crippen LogP contribution is -2.51. The zero-order chi connectivity index (χ0) is 22.2. The van der Waals surface area contributed by atoms with Crippen molar-refractivity contribution < 1.29 is 4.74 Å². The summed E-state index contributed by atoms with van der Waals surface area (Å²) >= 11 is 0. The van der Waals surface area contributed by atoms with Gasteiger partial charge in [0, 0.05) is 49.5 Å². The quantitative estimate of drug-likeness (QED) is 0.617. The number of hydrogen-bond acceptors (Lipinski definition) is 6. The molecule has 32 heavy (non-hydrogen) atoms. The lowest BCUT2D eigenvalue weighted by Gasteiger charge is -2.43. The van der Waals surface area contributed by atoms with Gasteiger partial charge in [0.2, 0.25) is 0 Å². The molecule has 2 aliphatic heterocycles. The molecule has 1 fully saturated rings. The van der Waals surface area contributed by atoms with Gasteiger partial charge in [0.1, 0.15) is 18.4 Å². The lowest BCUT2D eigenvalue weighted by molar-refractivity contribution is 0.134. The number of rotatable bonds is 5. The van der Waals surface area contributed by atoms with Gasteiger partial charge in [-0.15, -0.1) is 0 Å². The molecule has 164 valence electrons. The Hall–Kier alpha value is -3.14. The van der Waals surface area contributed by atoms with Gasteiger partial charge in [-0.3, -0.25) is 9.88 Å². The summed E-state index contributed by atoms with van der Waals surface area (Å²) < 4.78 is 5.98. The lowest BCUT2D eigenvalue weighted by atomic mass is 10.00. The molecule has 2 aromatic carbocycles. The van der Waals surface area contributed by atoms with Crippen molar-refractivity contribution in [1.82, 2.24) is 14.8 Å². The highest BCUT2D eigenvalue weighted by Gasteiger charge is 2.39. The Labute approximate surface area is 189 Å². The number of nitriles is 1. The number of anilines is 1. The van der Waals surface area contributed by atoms with Crippen LogP contribution in [0.25, 0.3) is 10.9 Å². The second-order valence-electron chi connectivity index (χ2n) is 9.10. The summed E-state index contributed by atoms with van der Waals surface area (Å²) in [5.74, 6) is 0.958. The third-order valence-corrected chi connectivity index (χ3v) is 6.69. The summed E-state index contributed by atoms with van der Waals surface area (Å²) in [5.41, 5.74) is 5.35. The van der Waals surface area contributed by atoms with Crippen molar-refractivity contribution in [1.29, 1.82) is 5.26 Å². The molecule has 0 amide bonds. The van der Waals surface area contributed by atoms with Crippen molar-refractivity contribution in [2.75, 3.05) is 45.2 Å². The highest BCUT2D eigenvalue weighted by molar-refractivity contribution is 5.95. The molecular weight excluding hydrogens is 398 g/mol. The number of likely N-dealkylation sites (N-methyl/N-ethyl adjacent to an activating group) is 1. The molecule has 2 atom stereocenters. The van der Waals surface area contributed by atoms with E-state index in [9.17, 15) is 5.26 Å². The predicted molar refractivity (Wildman–Crippen MR) is 127 cm³/mol. The van der Waals surface area contributed by atoms with Crippen molar-refractivity contribution in [3.63, 3.8) is 0 Å². The minimum absolute atomic E-state index is 0.354. The van der Waals surface area contributed by atoms with Gasteiger partial charge in [0.05, 0.1) is 17.1 Å². The maximum atomic E-state index is 9.49. The molecule has 0 aliphatic carbocycles. The number of piperazine rings is 1. The Morgan fingerprint density at radius 2 is 2.06 bits per heavy atom. The van der Waals surface area contributed by atoms with Crippen LogP contribution in [0, 0.1) is 11.3 Å². The Bertz CT molecular complexity index is 1180. The van der Waals surface area contributed by atoms with E-state index in [0.29, 0.717) is 24.3 Å². The third kappa shape index (κ3) is 3.68. The van der Waals surface area contributed by atoms with Gasteiger partial charge < -0.3 is 14.5 Å². The van der Waals surface area contributed by atoms with Crippen molar-refractivity contribution in [3.05, 3.63) is 65.4 Å². The summed E-state index contributed by atoms with van der Waals surface area (Å²) in [6.45, 7) is 6.76. The maximum absolute atomic E-state index is 9.49. The number of ether oxygens (including phenoxy) is 1. The molecule has 3 heterocycles. The fourth-order valence-corrected chi connectivity index (χ4v) is 5.06. The van der Waals surface area contributed by atoms with Gasteiger partial charge in [0.25, 0.3) is 0 Å². The Balaban J connectivity index is 1.42. The van der Waals surface area contributed by atoms with E-state index in [1.54, 1.807) is 6.20 Å². The molecule has 6 heteroatoms. The summed E-state index contributed by atoms with van der Waals surface area (Å²) in [6, 6.07) is 17.7. The molecule has 1 unspecified atom stereocenters. The molecule has 0 spiro atoms. The SMILES string of the molecule is C[C@@H]1CN(c2ccc(C#N)c3ncccc23)CC2c3ccc(OCCN(C)C)cc3CN21. The van der Waals surface area contributed by atoms with E-state index >= 15 is 0 Å². The van der Waals surface area contributed by atoms with Gasteiger partial charge in [0.15, 0.2) is 0 Å². The molecule has 2 aliphatic rings. The fraction of sp³-hybridized carbons (Fsp3) is 0.385. The van der Waals surface area contributed by atoms with Crippen LogP contribution in [-0.4, -0.2) is 61.2 Å². The molecule has 3 aromatic rings. The number of benzene rings is 2. The highest BCUT2D eigenvalue weighted by Crippen LogP contribution is 2.42. The minimum Gasteiger partial charge on any atom is -0.492 e. The Morgan fingerprint density at radius 3 is 2.88 bits per heavy atom. The number of pyridine rings is 1. The average Bonchev–Trinajstić information content (AvgIpc) is 3.16. The fourth-order valence-electron chi connectivity index (χ4n) is 5.06. The number of hydrogen-bond donors (Lipinski definition) is 0. The van der Waals surface area contributed by atoms with E-state index in [1.807, 2.05) is 12.1 Å². The zero-order valence-electron chi connectivity index (χ0n) is 19.0. The van der Waals surface area contributed by atoms with Crippen molar-refractivity contribution in [3.8, 4) is 11.8 Å². The molecule has 0 bridgehead atoms. The molecule has 0 radical (unpaired) electrons. The molecule has 6 nitrogen and oxygen atoms in total. The number of fused-ring (bicyclic) bond motifs is 4. The summed E-state index contributed by atoms with van der Waals surface area (Å²) in [5, 5.41) is 10.5. The Kier molecular flexibility index (Phi) is 5.46. The molecule has 0 N–H and O–H groups in total. The van der Waals surface area contributed by atoms with Crippen LogP contribution in [0.1, 0.15) is 29.7 Å². The Morgan fingerprint density at radius 1 is 1.19 bits per heavy atom. The minimum atomic E-state index is 0.354. The third-order valence-electron chi connectivity index (χ3n) is 6.69. The van der Waals surface area contributed by atoms with Crippen LogP contribution in [0.3, 0.4) is 0 Å². The summed E-state index contributed by atoms with van der Waals surface area (Å²) in [6.07, 6.45) is 1.76. The van der Waals surface area contributed by atoms with E-state index in [0.717, 1.165) is 48.5 Å². The van der Waals surface area contributed by atoms with Crippen molar-refractivity contribution in [2.24, 2.45) is 0 Å². The van der Waals surface area contributed by atoms with Crippen LogP contribution in [-0.2, 0) is 6.54 Å². The molecule has 1 saturated heterocycles. The van der Waals surface area contributed by atoms with Crippen LogP contribution in [0.4, 0.5) is 5.69 Å². The maximum Gasteiger partial charge on any atom is 0.119 e. The van der Waals surface area contributed by atoms with E-state index < -0.39 is 0 Å². The highest BCUT2D eigenvalue weighted by atomic mass is 16.5. The summed E-state index contributed by atoms with van der Waals surface area (Å²) in [4.78, 5) is 11.7. The van der Waals surface area contributed by atoms with Gasteiger partial charge in [-0.05, 0) is 68.5 Å². The topological polar surface area (TPSA) is 55.6 Å². The first-order valence-corrected chi connectivity index (χ1v) is 11.2. The van der Waals surface area contributed by atoms with Crippen LogP contribution < -0.4 is 9.64 Å². The molecule has 1 aromatic heterocycles. The van der Waals surface area contributed by atoms with Crippen molar-refractivity contribution >= 4 is 16.6 Å². The van der Waals surface area contributed by atoms with Crippen LogP contribution in [0.15, 0.2) is 48.7 Å². The van der Waals surface area contributed by atoms with Crippen molar-refractivity contribution in [2.45, 2.75) is 25.6 Å². The molecule has 5 rings (SSSR count). The van der Waals surface area contributed by atoms with Gasteiger partial charge in [-0.1, -0.05) is 6.07 Å². The number of aromatic nitrogens is 1. The summed E-state index contributed by atoms with van der Waals surface area (Å²) in [7, 11) is 4.12. The van der Waals surface area contributed by atoms with Gasteiger partial charge >= 0.3 is 0 Å². The van der Waals surface area contributed by atoms with Crippen LogP contribution in [0.5, 0.6) is 5.75 Å². The van der Waals surface area contributed by atoms with E-state index in [2.05, 4.69) is 77.1 Å². The second kappa shape index (κ2) is 8.42. The average molecular weight is 428 g/mol. The smallest absolute Gasteiger partial charge is 0.119 e. The first-order chi connectivity index (χ1) is 15.5. The van der Waals surface area contributed by atoms with Crippen LogP contribution >= 0.6 is 0 Å². The van der Waals surface area contributed by atoms with E-state index in [4.69, 9.17) is 4.74 Å². The van der Waals surface area contributed by atoms with E-state index in [-0.39, 0.29) is 0 Å². The monoisotopic (exact) mass is 427 g/mol. The van der Waals surface area contributed by atoms with Gasteiger partial charge in [-0.25, -0.2) is 0 Å².